The molecule has 0 saturated heterocycles. The van der Waals surface area contributed by atoms with Crippen LogP contribution in [0.3, 0.4) is 0 Å². The van der Waals surface area contributed by atoms with Crippen molar-refractivity contribution >= 4 is 28.2 Å². The number of halogens is 1. The molecule has 2 aromatic carbocycles. The maximum atomic E-state index is 13.2. The van der Waals surface area contributed by atoms with E-state index in [0.29, 0.717) is 41.6 Å². The van der Waals surface area contributed by atoms with Crippen LogP contribution in [-0.2, 0) is 13.1 Å². The lowest BCUT2D eigenvalue weighted by atomic mass is 10.1. The van der Waals surface area contributed by atoms with Gasteiger partial charge in [-0.05, 0) is 60.4 Å². The lowest BCUT2D eigenvalue weighted by molar-refractivity contribution is 0.398. The first-order chi connectivity index (χ1) is 13.5. The summed E-state index contributed by atoms with van der Waals surface area (Å²) in [5.74, 6) is 0.396. The van der Waals surface area contributed by atoms with Gasteiger partial charge in [-0.25, -0.2) is 4.39 Å². The molecule has 1 heterocycles. The predicted molar refractivity (Wildman–Crippen MR) is 113 cm³/mol. The molecule has 3 aromatic rings. The van der Waals surface area contributed by atoms with Crippen LogP contribution in [0.15, 0.2) is 53.3 Å². The molecule has 0 unspecified atom stereocenters. The van der Waals surface area contributed by atoms with Gasteiger partial charge >= 0.3 is 0 Å². The standard InChI is InChI=1S/C21H22FN3O2S/c1-3-23-21(28)25(12-14-4-7-17(22)8-5-14)13-16-10-15-6-9-18(27-2)11-19(15)24-20(16)26/h4-11H,3,12-13H2,1-2H3,(H,23,28)(H,24,26). The molecule has 2 N–H and O–H groups in total. The molecule has 28 heavy (non-hydrogen) atoms. The number of ether oxygens (including phenoxy) is 1. The molecular weight excluding hydrogens is 377 g/mol. The normalized spacial score (nSPS) is 10.7. The molecule has 0 aliphatic heterocycles. The summed E-state index contributed by atoms with van der Waals surface area (Å²) >= 11 is 5.48. The number of nitrogens with zero attached hydrogens (tertiary/aromatic N) is 1. The molecular formula is C21H22FN3O2S. The van der Waals surface area contributed by atoms with E-state index in [-0.39, 0.29) is 11.4 Å². The van der Waals surface area contributed by atoms with E-state index in [1.807, 2.05) is 30.0 Å². The molecule has 3 rings (SSSR count). The molecule has 0 amide bonds. The lowest BCUT2D eigenvalue weighted by Crippen LogP contribution is -2.39. The maximum Gasteiger partial charge on any atom is 0.253 e. The van der Waals surface area contributed by atoms with E-state index in [1.165, 1.54) is 12.1 Å². The Morgan fingerprint density at radius 1 is 1.18 bits per heavy atom. The highest BCUT2D eigenvalue weighted by molar-refractivity contribution is 7.80. The van der Waals surface area contributed by atoms with Crippen LogP contribution in [0.5, 0.6) is 5.75 Å². The molecule has 146 valence electrons. The summed E-state index contributed by atoms with van der Waals surface area (Å²) in [5.41, 5.74) is 2.04. The Kier molecular flexibility index (Phi) is 6.26. The van der Waals surface area contributed by atoms with Gasteiger partial charge in [-0.1, -0.05) is 12.1 Å². The number of hydrogen-bond donors (Lipinski definition) is 2. The number of thiocarbonyl (C=S) groups is 1. The molecule has 0 bridgehead atoms. The smallest absolute Gasteiger partial charge is 0.253 e. The van der Waals surface area contributed by atoms with Crippen LogP contribution in [0.2, 0.25) is 0 Å². The number of pyridine rings is 1. The van der Waals surface area contributed by atoms with E-state index < -0.39 is 0 Å². The van der Waals surface area contributed by atoms with E-state index in [2.05, 4.69) is 10.3 Å². The van der Waals surface area contributed by atoms with Crippen molar-refractivity contribution in [3.63, 3.8) is 0 Å². The molecule has 0 fully saturated rings. The van der Waals surface area contributed by atoms with Gasteiger partial charge < -0.3 is 19.9 Å². The largest absolute Gasteiger partial charge is 0.497 e. The highest BCUT2D eigenvalue weighted by Gasteiger charge is 2.14. The van der Waals surface area contributed by atoms with E-state index in [1.54, 1.807) is 25.3 Å². The summed E-state index contributed by atoms with van der Waals surface area (Å²) in [6.07, 6.45) is 0. The van der Waals surface area contributed by atoms with Crippen molar-refractivity contribution in [2.45, 2.75) is 20.0 Å². The van der Waals surface area contributed by atoms with Crippen molar-refractivity contribution in [3.05, 3.63) is 75.8 Å². The monoisotopic (exact) mass is 399 g/mol. The average molecular weight is 399 g/mol. The Bertz CT molecular complexity index is 1030. The molecule has 0 aliphatic rings. The van der Waals surface area contributed by atoms with Crippen LogP contribution in [0.25, 0.3) is 10.9 Å². The first-order valence-electron chi connectivity index (χ1n) is 8.97. The second kappa shape index (κ2) is 8.84. The van der Waals surface area contributed by atoms with Crippen LogP contribution in [0.1, 0.15) is 18.1 Å². The molecule has 7 heteroatoms. The van der Waals surface area contributed by atoms with E-state index >= 15 is 0 Å². The number of aromatic nitrogens is 1. The van der Waals surface area contributed by atoms with Crippen molar-refractivity contribution < 1.29 is 9.13 Å². The Morgan fingerprint density at radius 3 is 2.61 bits per heavy atom. The summed E-state index contributed by atoms with van der Waals surface area (Å²) in [7, 11) is 1.59. The highest BCUT2D eigenvalue weighted by atomic mass is 32.1. The summed E-state index contributed by atoms with van der Waals surface area (Å²) in [6, 6.07) is 13.7. The topological polar surface area (TPSA) is 57.4 Å². The molecule has 0 spiro atoms. The number of rotatable bonds is 6. The van der Waals surface area contributed by atoms with Crippen LogP contribution in [-0.4, -0.2) is 28.7 Å². The van der Waals surface area contributed by atoms with Gasteiger partial charge in [0.15, 0.2) is 5.11 Å². The molecule has 0 atom stereocenters. The van der Waals surface area contributed by atoms with Crippen LogP contribution in [0, 0.1) is 5.82 Å². The van der Waals surface area contributed by atoms with Crippen molar-refractivity contribution in [2.24, 2.45) is 0 Å². The van der Waals surface area contributed by atoms with Gasteiger partial charge in [0.1, 0.15) is 11.6 Å². The predicted octanol–water partition coefficient (Wildman–Crippen LogP) is 3.57. The van der Waals surface area contributed by atoms with Gasteiger partial charge in [0.25, 0.3) is 5.56 Å². The number of benzene rings is 2. The van der Waals surface area contributed by atoms with E-state index in [9.17, 15) is 9.18 Å². The molecule has 0 radical (unpaired) electrons. The second-order valence-corrected chi connectivity index (χ2v) is 6.78. The third-order valence-corrected chi connectivity index (χ3v) is 4.80. The minimum atomic E-state index is -0.286. The third-order valence-electron chi connectivity index (χ3n) is 4.39. The number of hydrogen-bond acceptors (Lipinski definition) is 3. The number of aromatic amines is 1. The van der Waals surface area contributed by atoms with Crippen molar-refractivity contribution in [3.8, 4) is 5.75 Å². The quantitative estimate of drug-likeness (QED) is 0.621. The van der Waals surface area contributed by atoms with Gasteiger partial charge in [0.2, 0.25) is 0 Å². The van der Waals surface area contributed by atoms with Crippen molar-refractivity contribution in [1.29, 1.82) is 0 Å². The Labute approximate surface area is 168 Å². The molecule has 1 aromatic heterocycles. The van der Waals surface area contributed by atoms with Gasteiger partial charge in [-0.15, -0.1) is 0 Å². The van der Waals surface area contributed by atoms with Crippen LogP contribution in [0.4, 0.5) is 4.39 Å². The van der Waals surface area contributed by atoms with Gasteiger partial charge in [0, 0.05) is 24.7 Å². The fourth-order valence-corrected chi connectivity index (χ4v) is 3.22. The number of H-pyrrole nitrogens is 1. The summed E-state index contributed by atoms with van der Waals surface area (Å²) in [4.78, 5) is 17.4. The van der Waals surface area contributed by atoms with Gasteiger partial charge in [-0.2, -0.15) is 0 Å². The summed E-state index contributed by atoms with van der Waals surface area (Å²) in [6.45, 7) is 3.43. The number of fused-ring (bicyclic) bond motifs is 1. The SMILES string of the molecule is CCNC(=S)N(Cc1ccc(F)cc1)Cc1cc2ccc(OC)cc2[nH]c1=O. The minimum Gasteiger partial charge on any atom is -0.497 e. The average Bonchev–Trinajstić information content (AvgIpc) is 2.69. The maximum absolute atomic E-state index is 13.2. The van der Waals surface area contributed by atoms with Crippen molar-refractivity contribution in [1.82, 2.24) is 15.2 Å². The van der Waals surface area contributed by atoms with E-state index in [4.69, 9.17) is 17.0 Å². The Balaban J connectivity index is 1.90. The molecule has 0 saturated carbocycles. The number of nitrogens with one attached hydrogen (secondary N) is 2. The fraction of sp³-hybridized carbons (Fsp3) is 0.238. The lowest BCUT2D eigenvalue weighted by Gasteiger charge is -2.25. The minimum absolute atomic E-state index is 0.177. The fourth-order valence-electron chi connectivity index (χ4n) is 2.95. The van der Waals surface area contributed by atoms with Crippen molar-refractivity contribution in [2.75, 3.05) is 13.7 Å². The van der Waals surface area contributed by atoms with Gasteiger partial charge in [0.05, 0.1) is 19.2 Å². The van der Waals surface area contributed by atoms with Crippen LogP contribution >= 0.6 is 12.2 Å². The van der Waals surface area contributed by atoms with E-state index in [0.717, 1.165) is 10.9 Å². The highest BCUT2D eigenvalue weighted by Crippen LogP contribution is 2.19. The zero-order chi connectivity index (χ0) is 20.1. The third kappa shape index (κ3) is 4.67. The zero-order valence-corrected chi connectivity index (χ0v) is 16.6. The first-order valence-corrected chi connectivity index (χ1v) is 9.38. The Hall–Kier alpha value is -2.93. The first kappa shape index (κ1) is 19.8. The van der Waals surface area contributed by atoms with Gasteiger partial charge in [-0.3, -0.25) is 4.79 Å². The molecule has 5 nitrogen and oxygen atoms in total. The summed E-state index contributed by atoms with van der Waals surface area (Å²) < 4.78 is 18.4. The van der Waals surface area contributed by atoms with Crippen LogP contribution < -0.4 is 15.6 Å². The second-order valence-electron chi connectivity index (χ2n) is 6.39. The zero-order valence-electron chi connectivity index (χ0n) is 15.8. The Morgan fingerprint density at radius 2 is 1.93 bits per heavy atom. The molecule has 0 aliphatic carbocycles. The number of methoxy groups -OCH3 is 1. The summed E-state index contributed by atoms with van der Waals surface area (Å²) in [5, 5.41) is 4.58.